The van der Waals surface area contributed by atoms with Crippen molar-refractivity contribution in [3.63, 3.8) is 0 Å². The number of hydrogen-bond acceptors (Lipinski definition) is 5. The smallest absolute Gasteiger partial charge is 0.147 e. The number of nitrogens with zero attached hydrogens (tertiary/aromatic N) is 3. The number of thiophene rings is 1. The van der Waals surface area contributed by atoms with Gasteiger partial charge in [-0.2, -0.15) is 0 Å². The first kappa shape index (κ1) is 12.3. The maximum atomic E-state index is 4.62. The highest BCUT2D eigenvalue weighted by Crippen LogP contribution is 2.36. The maximum Gasteiger partial charge on any atom is 0.147 e. The highest BCUT2D eigenvalue weighted by molar-refractivity contribution is 7.26. The molecule has 3 heterocycles. The van der Waals surface area contributed by atoms with E-state index in [1.165, 1.54) is 5.56 Å². The third-order valence-corrected chi connectivity index (χ3v) is 4.06. The van der Waals surface area contributed by atoms with Gasteiger partial charge in [-0.05, 0) is 39.3 Å². The summed E-state index contributed by atoms with van der Waals surface area (Å²) in [5, 5.41) is 4.53. The van der Waals surface area contributed by atoms with Crippen LogP contribution in [0.2, 0.25) is 0 Å². The molecule has 0 saturated heterocycles. The van der Waals surface area contributed by atoms with E-state index in [1.54, 1.807) is 17.7 Å². The standard InChI is InChI=1S/C14H16N4S/c1-7(2)17-13-12-11(15-6-16-13)10-8(3)5-9(4)18-14(10)19-12/h5-7H,1-4H3,(H,15,16,17). The molecular weight excluding hydrogens is 256 g/mol. The highest BCUT2D eigenvalue weighted by Gasteiger charge is 2.14. The van der Waals surface area contributed by atoms with E-state index < -0.39 is 0 Å². The fourth-order valence-corrected chi connectivity index (χ4v) is 3.49. The molecule has 1 N–H and O–H groups in total. The summed E-state index contributed by atoms with van der Waals surface area (Å²) in [5.41, 5.74) is 3.27. The van der Waals surface area contributed by atoms with Crippen molar-refractivity contribution in [2.45, 2.75) is 33.7 Å². The van der Waals surface area contributed by atoms with Crippen molar-refractivity contribution in [3.8, 4) is 0 Å². The first-order valence-corrected chi connectivity index (χ1v) is 7.16. The van der Waals surface area contributed by atoms with Gasteiger partial charge < -0.3 is 5.32 Å². The van der Waals surface area contributed by atoms with Gasteiger partial charge in [-0.3, -0.25) is 0 Å². The predicted octanol–water partition coefficient (Wildman–Crippen LogP) is 3.68. The molecule has 0 spiro atoms. The predicted molar refractivity (Wildman–Crippen MR) is 80.9 cm³/mol. The van der Waals surface area contributed by atoms with Crippen LogP contribution in [0.4, 0.5) is 5.82 Å². The first-order chi connectivity index (χ1) is 9.06. The Hall–Kier alpha value is -1.75. The van der Waals surface area contributed by atoms with Gasteiger partial charge in [0.1, 0.15) is 17.0 Å². The number of aromatic nitrogens is 3. The quantitative estimate of drug-likeness (QED) is 0.773. The van der Waals surface area contributed by atoms with Gasteiger partial charge >= 0.3 is 0 Å². The van der Waals surface area contributed by atoms with Gasteiger partial charge in [0.25, 0.3) is 0 Å². The molecule has 0 atom stereocenters. The molecule has 0 radical (unpaired) electrons. The zero-order chi connectivity index (χ0) is 13.6. The van der Waals surface area contributed by atoms with Gasteiger partial charge in [-0.1, -0.05) is 0 Å². The second-order valence-electron chi connectivity index (χ2n) is 5.06. The molecule has 98 valence electrons. The highest BCUT2D eigenvalue weighted by atomic mass is 32.1. The van der Waals surface area contributed by atoms with E-state index in [0.29, 0.717) is 6.04 Å². The van der Waals surface area contributed by atoms with Gasteiger partial charge in [0, 0.05) is 17.1 Å². The maximum absolute atomic E-state index is 4.62. The van der Waals surface area contributed by atoms with Crippen LogP contribution in [0.25, 0.3) is 20.4 Å². The summed E-state index contributed by atoms with van der Waals surface area (Å²) >= 11 is 1.66. The summed E-state index contributed by atoms with van der Waals surface area (Å²) in [6, 6.07) is 2.45. The average Bonchev–Trinajstić information content (AvgIpc) is 2.67. The molecule has 0 aromatic carbocycles. The summed E-state index contributed by atoms with van der Waals surface area (Å²) in [6.07, 6.45) is 1.62. The van der Waals surface area contributed by atoms with Crippen LogP contribution in [-0.4, -0.2) is 21.0 Å². The number of rotatable bonds is 2. The molecule has 19 heavy (non-hydrogen) atoms. The second-order valence-corrected chi connectivity index (χ2v) is 6.06. The SMILES string of the molecule is Cc1cc(C)c2c(n1)sc1c(NC(C)C)ncnc12. The van der Waals surface area contributed by atoms with Gasteiger partial charge in [-0.15, -0.1) is 11.3 Å². The second kappa shape index (κ2) is 4.42. The topological polar surface area (TPSA) is 50.7 Å². The molecule has 0 aliphatic rings. The van der Waals surface area contributed by atoms with Crippen LogP contribution in [0, 0.1) is 13.8 Å². The van der Waals surface area contributed by atoms with Crippen molar-refractivity contribution in [1.82, 2.24) is 15.0 Å². The molecular formula is C14H16N4S. The zero-order valence-corrected chi connectivity index (χ0v) is 12.3. The van der Waals surface area contributed by atoms with Crippen LogP contribution in [0.3, 0.4) is 0 Å². The molecule has 4 nitrogen and oxygen atoms in total. The Morgan fingerprint density at radius 3 is 2.74 bits per heavy atom. The van der Waals surface area contributed by atoms with Crippen LogP contribution in [0.15, 0.2) is 12.4 Å². The van der Waals surface area contributed by atoms with E-state index in [-0.39, 0.29) is 0 Å². The van der Waals surface area contributed by atoms with Gasteiger partial charge in [0.2, 0.25) is 0 Å². The number of hydrogen-bond donors (Lipinski definition) is 1. The first-order valence-electron chi connectivity index (χ1n) is 6.34. The number of aryl methyl sites for hydroxylation is 2. The number of anilines is 1. The van der Waals surface area contributed by atoms with Gasteiger partial charge in [0.05, 0.1) is 10.2 Å². The Balaban J connectivity index is 2.36. The monoisotopic (exact) mass is 272 g/mol. The Morgan fingerprint density at radius 1 is 1.21 bits per heavy atom. The summed E-state index contributed by atoms with van der Waals surface area (Å²) in [5.74, 6) is 0.903. The molecule has 3 aromatic heterocycles. The van der Waals surface area contributed by atoms with Crippen molar-refractivity contribution in [3.05, 3.63) is 23.7 Å². The lowest BCUT2D eigenvalue weighted by Gasteiger charge is -2.08. The van der Waals surface area contributed by atoms with E-state index in [9.17, 15) is 0 Å². The van der Waals surface area contributed by atoms with Crippen molar-refractivity contribution >= 4 is 37.6 Å². The van der Waals surface area contributed by atoms with Crippen molar-refractivity contribution in [1.29, 1.82) is 0 Å². The lowest BCUT2D eigenvalue weighted by Crippen LogP contribution is -2.11. The number of nitrogens with one attached hydrogen (secondary N) is 1. The third kappa shape index (κ3) is 2.04. The summed E-state index contributed by atoms with van der Waals surface area (Å²) in [7, 11) is 0. The van der Waals surface area contributed by atoms with Crippen LogP contribution >= 0.6 is 11.3 Å². The molecule has 0 fully saturated rings. The third-order valence-electron chi connectivity index (χ3n) is 2.98. The van der Waals surface area contributed by atoms with Gasteiger partial charge in [0.15, 0.2) is 0 Å². The molecule has 3 rings (SSSR count). The Bertz CT molecular complexity index is 761. The molecule has 0 unspecified atom stereocenters. The molecule has 5 heteroatoms. The van der Waals surface area contributed by atoms with E-state index in [4.69, 9.17) is 0 Å². The minimum absolute atomic E-state index is 0.346. The number of pyridine rings is 1. The molecule has 0 amide bonds. The van der Waals surface area contributed by atoms with Crippen molar-refractivity contribution < 1.29 is 0 Å². The van der Waals surface area contributed by atoms with Gasteiger partial charge in [-0.25, -0.2) is 15.0 Å². The Kier molecular flexibility index (Phi) is 2.86. The molecule has 0 saturated carbocycles. The van der Waals surface area contributed by atoms with E-state index >= 15 is 0 Å². The Labute approximate surface area is 115 Å². The van der Waals surface area contributed by atoms with E-state index in [1.807, 2.05) is 6.92 Å². The van der Waals surface area contributed by atoms with Crippen LogP contribution < -0.4 is 5.32 Å². The fourth-order valence-electron chi connectivity index (χ4n) is 2.29. The van der Waals surface area contributed by atoms with Crippen LogP contribution in [0.1, 0.15) is 25.1 Å². The average molecular weight is 272 g/mol. The molecule has 3 aromatic rings. The number of fused-ring (bicyclic) bond motifs is 3. The zero-order valence-electron chi connectivity index (χ0n) is 11.5. The van der Waals surface area contributed by atoms with Crippen LogP contribution in [0.5, 0.6) is 0 Å². The summed E-state index contributed by atoms with van der Waals surface area (Å²) in [6.45, 7) is 8.35. The minimum atomic E-state index is 0.346. The van der Waals surface area contributed by atoms with Crippen LogP contribution in [-0.2, 0) is 0 Å². The summed E-state index contributed by atoms with van der Waals surface area (Å²) in [4.78, 5) is 14.5. The lowest BCUT2D eigenvalue weighted by atomic mass is 10.1. The fraction of sp³-hybridized carbons (Fsp3) is 0.357. The van der Waals surface area contributed by atoms with Crippen molar-refractivity contribution in [2.24, 2.45) is 0 Å². The largest absolute Gasteiger partial charge is 0.367 e. The van der Waals surface area contributed by atoms with Crippen molar-refractivity contribution in [2.75, 3.05) is 5.32 Å². The molecule has 0 bridgehead atoms. The molecule has 0 aliphatic carbocycles. The van der Waals surface area contributed by atoms with E-state index in [2.05, 4.69) is 47.1 Å². The normalized spacial score (nSPS) is 11.6. The lowest BCUT2D eigenvalue weighted by molar-refractivity contribution is 0.891. The molecule has 0 aliphatic heterocycles. The van der Waals surface area contributed by atoms with E-state index in [0.717, 1.165) is 31.9 Å². The minimum Gasteiger partial charge on any atom is -0.367 e. The summed E-state index contributed by atoms with van der Waals surface area (Å²) < 4.78 is 1.09. The Morgan fingerprint density at radius 2 is 2.00 bits per heavy atom.